The van der Waals surface area contributed by atoms with Gasteiger partial charge in [-0.25, -0.2) is 15.0 Å². The van der Waals surface area contributed by atoms with E-state index in [2.05, 4.69) is 54.1 Å². The van der Waals surface area contributed by atoms with E-state index in [-0.39, 0.29) is 0 Å². The van der Waals surface area contributed by atoms with Crippen molar-refractivity contribution < 1.29 is 0 Å². The Kier molecular flexibility index (Phi) is 4.44. The van der Waals surface area contributed by atoms with Crippen molar-refractivity contribution in [1.29, 1.82) is 0 Å². The lowest BCUT2D eigenvalue weighted by Gasteiger charge is -2.09. The summed E-state index contributed by atoms with van der Waals surface area (Å²) >= 11 is 0. The first-order valence-corrected chi connectivity index (χ1v) is 9.03. The van der Waals surface area contributed by atoms with E-state index in [1.54, 1.807) is 0 Å². The number of aryl methyl sites for hydroxylation is 2. The number of aromatic nitrogens is 3. The lowest BCUT2D eigenvalue weighted by atomic mass is 10.0. The lowest BCUT2D eigenvalue weighted by Crippen LogP contribution is -1.96. The minimum absolute atomic E-state index is 0.660. The quantitative estimate of drug-likeness (QED) is 0.484. The van der Waals surface area contributed by atoms with Gasteiger partial charge in [0.2, 0.25) is 0 Å². The number of hydrogen-bond donors (Lipinski definition) is 0. The molecule has 3 heteroatoms. The number of benzene rings is 2. The van der Waals surface area contributed by atoms with Crippen molar-refractivity contribution in [2.45, 2.75) is 26.7 Å². The van der Waals surface area contributed by atoms with Crippen molar-refractivity contribution in [2.75, 3.05) is 0 Å². The van der Waals surface area contributed by atoms with Crippen molar-refractivity contribution in [3.05, 3.63) is 78.0 Å². The molecule has 0 atom stereocenters. The Morgan fingerprint density at radius 2 is 1.65 bits per heavy atom. The van der Waals surface area contributed by atoms with E-state index in [0.717, 1.165) is 46.3 Å². The number of rotatable bonds is 4. The molecule has 0 amide bonds. The molecule has 26 heavy (non-hydrogen) atoms. The van der Waals surface area contributed by atoms with E-state index in [9.17, 15) is 0 Å². The van der Waals surface area contributed by atoms with Crippen LogP contribution in [0.2, 0.25) is 0 Å². The Hall–Kier alpha value is -3.07. The maximum atomic E-state index is 4.87. The van der Waals surface area contributed by atoms with Gasteiger partial charge < -0.3 is 0 Å². The molecular formula is C23H21N3. The molecule has 0 aliphatic carbocycles. The van der Waals surface area contributed by atoms with Gasteiger partial charge in [0.05, 0.1) is 11.2 Å². The zero-order valence-electron chi connectivity index (χ0n) is 15.1. The molecule has 0 aliphatic heterocycles. The van der Waals surface area contributed by atoms with Crippen molar-refractivity contribution >= 4 is 10.9 Å². The molecule has 0 aliphatic rings. The topological polar surface area (TPSA) is 38.7 Å². The van der Waals surface area contributed by atoms with Gasteiger partial charge in [0.25, 0.3) is 0 Å². The summed E-state index contributed by atoms with van der Waals surface area (Å²) in [6.07, 6.45) is 4.13. The highest BCUT2D eigenvalue weighted by atomic mass is 14.9. The van der Waals surface area contributed by atoms with E-state index in [1.807, 2.05) is 36.5 Å². The monoisotopic (exact) mass is 339 g/mol. The van der Waals surface area contributed by atoms with Gasteiger partial charge in [0, 0.05) is 17.1 Å². The summed E-state index contributed by atoms with van der Waals surface area (Å²) in [5, 5.41) is 1.04. The fourth-order valence-electron chi connectivity index (χ4n) is 3.16. The maximum absolute atomic E-state index is 4.87. The van der Waals surface area contributed by atoms with Gasteiger partial charge >= 0.3 is 0 Å². The predicted octanol–water partition coefficient (Wildman–Crippen LogP) is 5.62. The zero-order valence-corrected chi connectivity index (χ0v) is 15.1. The highest BCUT2D eigenvalue weighted by Crippen LogP contribution is 2.25. The smallest absolute Gasteiger partial charge is 0.178 e. The molecule has 4 rings (SSSR count). The highest BCUT2D eigenvalue weighted by molar-refractivity contribution is 5.79. The number of hydrogen-bond acceptors (Lipinski definition) is 3. The van der Waals surface area contributed by atoms with Crippen LogP contribution in [0.3, 0.4) is 0 Å². The van der Waals surface area contributed by atoms with Crippen LogP contribution >= 0.6 is 0 Å². The average molecular weight is 339 g/mol. The molecule has 2 aromatic carbocycles. The minimum atomic E-state index is 0.660. The summed E-state index contributed by atoms with van der Waals surface area (Å²) in [5.74, 6) is 0.660. The number of nitrogens with zero attached hydrogens (tertiary/aromatic N) is 3. The third kappa shape index (κ3) is 3.21. The second kappa shape index (κ2) is 7.04. The van der Waals surface area contributed by atoms with Crippen LogP contribution in [0.4, 0.5) is 0 Å². The Morgan fingerprint density at radius 1 is 0.846 bits per heavy atom. The molecule has 0 unspecified atom stereocenters. The largest absolute Gasteiger partial charge is 0.244 e. The number of pyridine rings is 1. The van der Waals surface area contributed by atoms with E-state index in [1.165, 1.54) is 5.56 Å². The zero-order chi connectivity index (χ0) is 17.9. The third-order valence-electron chi connectivity index (χ3n) is 4.58. The molecule has 0 fully saturated rings. The minimum Gasteiger partial charge on any atom is -0.244 e. The molecule has 128 valence electrons. The van der Waals surface area contributed by atoms with Gasteiger partial charge in [0.1, 0.15) is 5.69 Å². The van der Waals surface area contributed by atoms with Gasteiger partial charge in [-0.3, -0.25) is 0 Å². The first kappa shape index (κ1) is 16.4. The standard InChI is InChI=1S/C23H21N3/c1-3-6-17-10-12-18(13-11-17)22-16(2)9-14-21(25-22)23-24-15-19-7-4-5-8-20(19)26-23/h4-5,7-15H,3,6H2,1-2H3. The van der Waals surface area contributed by atoms with Gasteiger partial charge in [-0.2, -0.15) is 0 Å². The summed E-state index contributed by atoms with van der Waals surface area (Å²) in [6.45, 7) is 4.29. The molecule has 4 aromatic rings. The fraction of sp³-hybridized carbons (Fsp3) is 0.174. The maximum Gasteiger partial charge on any atom is 0.178 e. The van der Waals surface area contributed by atoms with Crippen LogP contribution in [0.1, 0.15) is 24.5 Å². The van der Waals surface area contributed by atoms with Gasteiger partial charge in [-0.1, -0.05) is 61.9 Å². The van der Waals surface area contributed by atoms with Crippen LogP contribution in [0.25, 0.3) is 33.7 Å². The second-order valence-electron chi connectivity index (χ2n) is 6.56. The average Bonchev–Trinajstić information content (AvgIpc) is 2.69. The van der Waals surface area contributed by atoms with E-state index in [0.29, 0.717) is 5.82 Å². The van der Waals surface area contributed by atoms with Crippen LogP contribution in [0, 0.1) is 6.92 Å². The van der Waals surface area contributed by atoms with Crippen LogP contribution in [-0.2, 0) is 6.42 Å². The summed E-state index contributed by atoms with van der Waals surface area (Å²) < 4.78 is 0. The first-order chi connectivity index (χ1) is 12.7. The van der Waals surface area contributed by atoms with Crippen molar-refractivity contribution in [3.8, 4) is 22.8 Å². The second-order valence-corrected chi connectivity index (χ2v) is 6.56. The Balaban J connectivity index is 1.75. The molecule has 0 bridgehead atoms. The Labute approximate surface area is 153 Å². The molecule has 2 heterocycles. The SMILES string of the molecule is CCCc1ccc(-c2nc(-c3ncc4ccccc4n3)ccc2C)cc1. The molecule has 0 saturated heterocycles. The molecule has 0 saturated carbocycles. The van der Waals surface area contributed by atoms with Crippen LogP contribution < -0.4 is 0 Å². The van der Waals surface area contributed by atoms with Crippen LogP contribution in [0.15, 0.2) is 66.9 Å². The predicted molar refractivity (Wildman–Crippen MR) is 107 cm³/mol. The van der Waals surface area contributed by atoms with E-state index < -0.39 is 0 Å². The molecule has 0 radical (unpaired) electrons. The Bertz CT molecular complexity index is 1050. The van der Waals surface area contributed by atoms with Gasteiger partial charge in [0.15, 0.2) is 5.82 Å². The molecular weight excluding hydrogens is 318 g/mol. The Morgan fingerprint density at radius 3 is 2.46 bits per heavy atom. The summed E-state index contributed by atoms with van der Waals surface area (Å²) in [4.78, 5) is 14.1. The van der Waals surface area contributed by atoms with Crippen molar-refractivity contribution in [3.63, 3.8) is 0 Å². The fourth-order valence-corrected chi connectivity index (χ4v) is 3.16. The summed E-state index contributed by atoms with van der Waals surface area (Å²) in [7, 11) is 0. The normalized spacial score (nSPS) is 11.0. The summed E-state index contributed by atoms with van der Waals surface area (Å²) in [5.41, 5.74) is 6.37. The van der Waals surface area contributed by atoms with Gasteiger partial charge in [-0.05, 0) is 36.6 Å². The van der Waals surface area contributed by atoms with E-state index >= 15 is 0 Å². The third-order valence-corrected chi connectivity index (χ3v) is 4.58. The summed E-state index contributed by atoms with van der Waals surface area (Å²) in [6, 6.07) is 20.8. The number of para-hydroxylation sites is 1. The molecule has 2 aromatic heterocycles. The van der Waals surface area contributed by atoms with Gasteiger partial charge in [-0.15, -0.1) is 0 Å². The van der Waals surface area contributed by atoms with Crippen LogP contribution in [-0.4, -0.2) is 15.0 Å². The van der Waals surface area contributed by atoms with Crippen LogP contribution in [0.5, 0.6) is 0 Å². The lowest BCUT2D eigenvalue weighted by molar-refractivity contribution is 0.922. The molecule has 0 N–H and O–H groups in total. The molecule has 3 nitrogen and oxygen atoms in total. The van der Waals surface area contributed by atoms with Crippen molar-refractivity contribution in [2.24, 2.45) is 0 Å². The van der Waals surface area contributed by atoms with Crippen molar-refractivity contribution in [1.82, 2.24) is 15.0 Å². The highest BCUT2D eigenvalue weighted by Gasteiger charge is 2.10. The molecule has 0 spiro atoms. The van der Waals surface area contributed by atoms with E-state index in [4.69, 9.17) is 4.98 Å². The number of fused-ring (bicyclic) bond motifs is 1. The first-order valence-electron chi connectivity index (χ1n) is 9.03.